The first kappa shape index (κ1) is 58.0. The lowest BCUT2D eigenvalue weighted by Crippen LogP contribution is -2.26. The zero-order valence-corrected chi connectivity index (χ0v) is 45.2. The van der Waals surface area contributed by atoms with Crippen LogP contribution in [0.5, 0.6) is 0 Å². The Labute approximate surface area is 414 Å². The van der Waals surface area contributed by atoms with Crippen LogP contribution in [0.2, 0.25) is 0 Å². The van der Waals surface area contributed by atoms with Crippen molar-refractivity contribution in [2.75, 3.05) is 21.1 Å². The van der Waals surface area contributed by atoms with Crippen LogP contribution in [0.1, 0.15) is 161 Å². The third kappa shape index (κ3) is 15.4. The fourth-order valence-corrected chi connectivity index (χ4v) is 9.43. The minimum atomic E-state index is 0.00806. The Kier molecular flexibility index (Phi) is 23.4. The molecule has 0 spiro atoms. The maximum absolute atomic E-state index is 5.81. The number of aromatic nitrogens is 2. The molecule has 2 atom stereocenters. The average molecular weight is 943 g/mol. The number of thioether (sulfide) groups is 2. The van der Waals surface area contributed by atoms with Crippen molar-refractivity contribution in [2.45, 2.75) is 131 Å². The number of fused-ring (bicyclic) bond motifs is 2. The molecule has 10 heteroatoms. The van der Waals surface area contributed by atoms with Crippen LogP contribution in [0, 0.1) is 13.8 Å². The van der Waals surface area contributed by atoms with E-state index in [0.29, 0.717) is 35.0 Å². The number of hydrogen-bond donors (Lipinski definition) is 4. The highest BCUT2D eigenvalue weighted by Gasteiger charge is 2.32. The van der Waals surface area contributed by atoms with E-state index in [9.17, 15) is 0 Å². The maximum Gasteiger partial charge on any atom is 0.158 e. The van der Waals surface area contributed by atoms with E-state index in [1.807, 2.05) is 46.2 Å². The molecule has 0 amide bonds. The highest BCUT2D eigenvalue weighted by molar-refractivity contribution is 8.17. The number of aryl methyl sites for hydroxylation is 2. The number of nitrogens with zero attached hydrogens (tertiary/aromatic N) is 4. The molecule has 0 aliphatic heterocycles. The van der Waals surface area contributed by atoms with Crippen LogP contribution >= 0.6 is 23.5 Å². The summed E-state index contributed by atoms with van der Waals surface area (Å²) in [7, 11) is 4.85. The third-order valence-electron chi connectivity index (χ3n) is 12.1. The number of allylic oxidation sites excluding steroid dienone is 4. The number of aliphatic imine (C=N–C) groups is 2. The van der Waals surface area contributed by atoms with Crippen molar-refractivity contribution in [3.8, 4) is 0 Å². The van der Waals surface area contributed by atoms with Gasteiger partial charge in [0.15, 0.2) is 10.3 Å². The first-order valence-electron chi connectivity index (χ1n) is 23.5. The van der Waals surface area contributed by atoms with E-state index in [2.05, 4.69) is 145 Å². The molecule has 2 aromatic heterocycles. The molecule has 4 aromatic rings. The number of benzene rings is 2. The number of amidine groups is 2. The molecule has 2 aromatic carbocycles. The van der Waals surface area contributed by atoms with Crippen LogP contribution in [-0.2, 0) is 23.7 Å². The molecular formula is C57H82N8S2. The lowest BCUT2D eigenvalue weighted by atomic mass is 9.68. The van der Waals surface area contributed by atoms with Crippen molar-refractivity contribution < 1.29 is 0 Å². The molecule has 2 heterocycles. The van der Waals surface area contributed by atoms with Crippen LogP contribution in [0.3, 0.4) is 0 Å². The molecular weight excluding hydrogens is 861 g/mol. The van der Waals surface area contributed by atoms with Crippen LogP contribution in [-0.4, -0.2) is 41.4 Å². The standard InChI is InChI=1S/C26H32N4S.C26H33N3S.2C2H6.CH5N/c1-16-9-10-26(4,5)23-13-21(17(2)11-22(16)23)18(3)24-8-7-19(15-30-24)12-20(14-27)31-25(28)29-6;1-16-10-11-26(5,6)23-12-17(2)21(14-22(16)23)19(4)24-9-8-20(15-29-24)13-18(3)30-25(27)28-7;3*1-2/h7-11,13-16H,3,12,27H2,1-2,4-6H3,(H2,28,29);8-9,12,14-16H,3-4,10-11,13H2,1-2,5-7H3,(H2,27,28);2*1-2H3;2H2,1H3/b20-14+;;;;. The van der Waals surface area contributed by atoms with E-state index in [1.54, 1.807) is 20.3 Å². The Balaban J connectivity index is 0.000000414. The van der Waals surface area contributed by atoms with E-state index in [4.69, 9.17) is 27.2 Å². The summed E-state index contributed by atoms with van der Waals surface area (Å²) < 4.78 is 0. The van der Waals surface area contributed by atoms with E-state index >= 15 is 0 Å². The molecule has 67 heavy (non-hydrogen) atoms. The van der Waals surface area contributed by atoms with E-state index < -0.39 is 0 Å². The summed E-state index contributed by atoms with van der Waals surface area (Å²) in [5.74, 6) is 1.01. The Hall–Kier alpha value is -5.16. The monoisotopic (exact) mass is 943 g/mol. The lowest BCUT2D eigenvalue weighted by molar-refractivity contribution is 0.402. The zero-order valence-electron chi connectivity index (χ0n) is 43.5. The fourth-order valence-electron chi connectivity index (χ4n) is 8.14. The Bertz CT molecular complexity index is 2420. The van der Waals surface area contributed by atoms with Gasteiger partial charge in [0.1, 0.15) is 0 Å². The third-order valence-corrected chi connectivity index (χ3v) is 13.8. The van der Waals surface area contributed by atoms with Gasteiger partial charge < -0.3 is 22.9 Å². The second kappa shape index (κ2) is 27.0. The summed E-state index contributed by atoms with van der Waals surface area (Å²) in [6, 6.07) is 17.6. The maximum atomic E-state index is 5.81. The molecule has 6 rings (SSSR count). The first-order chi connectivity index (χ1) is 31.8. The lowest BCUT2D eigenvalue weighted by Gasteiger charge is -2.37. The average Bonchev–Trinajstić information content (AvgIpc) is 3.33. The van der Waals surface area contributed by atoms with Gasteiger partial charge in [-0.25, -0.2) is 0 Å². The Morgan fingerprint density at radius 1 is 0.731 bits per heavy atom. The highest BCUT2D eigenvalue weighted by Crippen LogP contribution is 2.45. The van der Waals surface area contributed by atoms with Gasteiger partial charge in [-0.3, -0.25) is 20.0 Å². The largest absolute Gasteiger partial charge is 0.404 e. The number of rotatable bonds is 10. The van der Waals surface area contributed by atoms with Crippen molar-refractivity contribution in [1.82, 2.24) is 9.97 Å². The van der Waals surface area contributed by atoms with E-state index in [1.165, 1.54) is 82.4 Å². The normalized spacial score (nSPS) is 16.7. The predicted octanol–water partition coefficient (Wildman–Crippen LogP) is 13.4. The Morgan fingerprint density at radius 2 is 1.24 bits per heavy atom. The summed E-state index contributed by atoms with van der Waals surface area (Å²) in [5, 5.41) is 1.02. The minimum Gasteiger partial charge on any atom is -0.404 e. The molecule has 2 aliphatic carbocycles. The quantitative estimate of drug-likeness (QED) is 0.0696. The second-order valence-electron chi connectivity index (χ2n) is 17.6. The first-order valence-corrected chi connectivity index (χ1v) is 25.2. The van der Waals surface area contributed by atoms with Crippen LogP contribution < -0.4 is 22.9 Å². The molecule has 8 nitrogen and oxygen atoms in total. The molecule has 0 saturated carbocycles. The molecule has 0 bridgehead atoms. The molecule has 2 aliphatic rings. The van der Waals surface area contributed by atoms with Crippen molar-refractivity contribution in [3.05, 3.63) is 176 Å². The van der Waals surface area contributed by atoms with Crippen molar-refractivity contribution in [3.63, 3.8) is 0 Å². The number of nitrogens with two attached hydrogens (primary N) is 4. The minimum absolute atomic E-state index is 0.00806. The molecule has 2 unspecified atom stereocenters. The SMILES string of the molecule is C=C(Cc1ccc(C(=C)c2cc3c(cc2C)C(C)(C)CCC3C)nc1)SC(N)=NC.C=C(c1ccc(C/C(=C\N)SC(N)=NC)cn1)c1cc2c(cc1C)C(C)C=CC2(C)C.CC.CC.CN. The van der Waals surface area contributed by atoms with Crippen LogP contribution in [0.4, 0.5) is 0 Å². The van der Waals surface area contributed by atoms with E-state index in [0.717, 1.165) is 49.0 Å². The van der Waals surface area contributed by atoms with Crippen molar-refractivity contribution in [1.29, 1.82) is 0 Å². The zero-order chi connectivity index (χ0) is 50.8. The summed E-state index contributed by atoms with van der Waals surface area (Å²) in [6.07, 6.45) is 13.8. The number of hydrogen-bond acceptors (Lipinski definition) is 8. The molecule has 0 saturated heterocycles. The molecule has 8 N–H and O–H groups in total. The van der Waals surface area contributed by atoms with Crippen LogP contribution in [0.25, 0.3) is 11.1 Å². The van der Waals surface area contributed by atoms with Gasteiger partial charge in [-0.1, -0.05) is 155 Å². The summed E-state index contributed by atoms with van der Waals surface area (Å²) in [5.41, 5.74) is 38.5. The number of pyridine rings is 2. The van der Waals surface area contributed by atoms with Gasteiger partial charge in [0.2, 0.25) is 0 Å². The van der Waals surface area contributed by atoms with Gasteiger partial charge in [-0.15, -0.1) is 0 Å². The Morgan fingerprint density at radius 3 is 1.75 bits per heavy atom. The molecule has 0 radical (unpaired) electrons. The second-order valence-corrected chi connectivity index (χ2v) is 20.0. The summed E-state index contributed by atoms with van der Waals surface area (Å²) >= 11 is 2.78. The summed E-state index contributed by atoms with van der Waals surface area (Å²) in [6.45, 7) is 39.0. The van der Waals surface area contributed by atoms with Gasteiger partial charge in [0.05, 0.1) is 11.4 Å². The molecule has 0 fully saturated rings. The van der Waals surface area contributed by atoms with Gasteiger partial charge in [0, 0.05) is 67.0 Å². The molecule has 362 valence electrons. The van der Waals surface area contributed by atoms with Gasteiger partial charge in [-0.2, -0.15) is 0 Å². The van der Waals surface area contributed by atoms with E-state index in [-0.39, 0.29) is 10.8 Å². The topological polar surface area (TPSA) is 155 Å². The smallest absolute Gasteiger partial charge is 0.158 e. The van der Waals surface area contributed by atoms with Gasteiger partial charge >= 0.3 is 0 Å². The highest BCUT2D eigenvalue weighted by atomic mass is 32.2. The van der Waals surface area contributed by atoms with Gasteiger partial charge in [-0.05, 0) is 130 Å². The van der Waals surface area contributed by atoms with Crippen molar-refractivity contribution >= 4 is 45.0 Å². The van der Waals surface area contributed by atoms with Gasteiger partial charge in [0.25, 0.3) is 0 Å². The predicted molar refractivity (Wildman–Crippen MR) is 300 cm³/mol. The summed E-state index contributed by atoms with van der Waals surface area (Å²) in [4.78, 5) is 19.2. The fraction of sp³-hybridized carbons (Fsp3) is 0.404. The van der Waals surface area contributed by atoms with Crippen molar-refractivity contribution in [2.24, 2.45) is 32.9 Å². The van der Waals surface area contributed by atoms with Crippen LogP contribution in [0.15, 0.2) is 119 Å².